The van der Waals surface area contributed by atoms with Gasteiger partial charge in [0.25, 0.3) is 0 Å². The predicted octanol–water partition coefficient (Wildman–Crippen LogP) is 2.65. The molecule has 3 nitrogen and oxygen atoms in total. The number of allylic oxidation sites excluding steroid dienone is 1. The minimum atomic E-state index is 0.0827. The van der Waals surface area contributed by atoms with Gasteiger partial charge < -0.3 is 14.6 Å². The monoisotopic (exact) mass is 232 g/mol. The van der Waals surface area contributed by atoms with E-state index >= 15 is 0 Å². The Kier molecular flexibility index (Phi) is 4.06. The number of ether oxygens (including phenoxy) is 2. The van der Waals surface area contributed by atoms with Gasteiger partial charge in [0, 0.05) is 11.6 Å². The molecule has 1 aromatic carbocycles. The van der Waals surface area contributed by atoms with Gasteiger partial charge in [-0.3, -0.25) is 0 Å². The molecule has 0 saturated heterocycles. The van der Waals surface area contributed by atoms with Crippen molar-refractivity contribution in [3.05, 3.63) is 29.3 Å². The molecule has 0 saturated carbocycles. The van der Waals surface area contributed by atoms with Gasteiger partial charge in [0.1, 0.15) is 5.75 Å². The third-order valence-electron chi connectivity index (χ3n) is 2.31. The number of phenolic OH excluding ortho intramolecular Hbond substituents is 1. The van der Waals surface area contributed by atoms with Crippen LogP contribution >= 0.6 is 0 Å². The van der Waals surface area contributed by atoms with Gasteiger partial charge in [0.15, 0.2) is 11.5 Å². The summed E-state index contributed by atoms with van der Waals surface area (Å²) in [7, 11) is 3.05. The van der Waals surface area contributed by atoms with E-state index in [9.17, 15) is 5.11 Å². The number of rotatable bonds is 2. The predicted molar refractivity (Wildman–Crippen MR) is 67.6 cm³/mol. The van der Waals surface area contributed by atoms with Gasteiger partial charge >= 0.3 is 0 Å². The Morgan fingerprint density at radius 2 is 1.88 bits per heavy atom. The maximum Gasteiger partial charge on any atom is 0.164 e. The van der Waals surface area contributed by atoms with E-state index in [0.717, 1.165) is 5.57 Å². The lowest BCUT2D eigenvalue weighted by atomic mass is 10.1. The van der Waals surface area contributed by atoms with Gasteiger partial charge in [-0.1, -0.05) is 18.4 Å². The molecule has 0 aliphatic rings. The van der Waals surface area contributed by atoms with Crippen LogP contribution in [0.25, 0.3) is 0 Å². The normalized spacial score (nSPS) is 9.18. The van der Waals surface area contributed by atoms with Crippen LogP contribution in [-0.4, -0.2) is 19.3 Å². The molecule has 0 heterocycles. The van der Waals surface area contributed by atoms with Crippen LogP contribution in [0.4, 0.5) is 0 Å². The molecule has 1 aromatic rings. The number of phenols is 1. The highest BCUT2D eigenvalue weighted by atomic mass is 16.5. The van der Waals surface area contributed by atoms with Crippen molar-refractivity contribution < 1.29 is 14.6 Å². The van der Waals surface area contributed by atoms with Gasteiger partial charge in [-0.25, -0.2) is 0 Å². The average Bonchev–Trinajstić information content (AvgIpc) is 2.30. The highest BCUT2D eigenvalue weighted by Crippen LogP contribution is 2.37. The zero-order valence-electron chi connectivity index (χ0n) is 10.5. The van der Waals surface area contributed by atoms with Crippen molar-refractivity contribution in [1.82, 2.24) is 0 Å². The largest absolute Gasteiger partial charge is 0.504 e. The summed E-state index contributed by atoms with van der Waals surface area (Å²) >= 11 is 0. The fraction of sp³-hybridized carbons (Fsp3) is 0.286. The first-order chi connectivity index (χ1) is 8.01. The molecule has 0 unspecified atom stereocenters. The molecule has 0 aromatic heterocycles. The van der Waals surface area contributed by atoms with Crippen molar-refractivity contribution in [2.45, 2.75) is 13.8 Å². The number of hydrogen-bond acceptors (Lipinski definition) is 3. The average molecular weight is 232 g/mol. The molecule has 0 radical (unpaired) electrons. The number of benzene rings is 1. The molecule has 3 heteroatoms. The van der Waals surface area contributed by atoms with Crippen molar-refractivity contribution in [1.29, 1.82) is 0 Å². The molecule has 1 N–H and O–H groups in total. The van der Waals surface area contributed by atoms with Crippen LogP contribution < -0.4 is 9.47 Å². The fourth-order valence-corrected chi connectivity index (χ4v) is 1.39. The summed E-state index contributed by atoms with van der Waals surface area (Å²) in [5, 5.41) is 9.89. The quantitative estimate of drug-likeness (QED) is 0.797. The standard InChI is InChI=1S/C14H16O3/c1-9(2)6-7-11-10(3)14(15)13(17-5)8-12(11)16-4/h8,15H,1H2,2-5H3. The van der Waals surface area contributed by atoms with Crippen molar-refractivity contribution in [2.24, 2.45) is 0 Å². The smallest absolute Gasteiger partial charge is 0.164 e. The number of aromatic hydroxyl groups is 1. The van der Waals surface area contributed by atoms with E-state index in [1.54, 1.807) is 20.1 Å². The third kappa shape index (κ3) is 2.73. The summed E-state index contributed by atoms with van der Waals surface area (Å²) in [6.07, 6.45) is 0. The molecule has 0 aliphatic heterocycles. The van der Waals surface area contributed by atoms with Crippen molar-refractivity contribution in [3.8, 4) is 29.1 Å². The van der Waals surface area contributed by atoms with Gasteiger partial charge in [-0.2, -0.15) is 0 Å². The van der Waals surface area contributed by atoms with E-state index in [4.69, 9.17) is 9.47 Å². The van der Waals surface area contributed by atoms with Crippen LogP contribution in [0.5, 0.6) is 17.2 Å². The number of hydrogen-bond donors (Lipinski definition) is 1. The van der Waals surface area contributed by atoms with Crippen LogP contribution in [0.1, 0.15) is 18.1 Å². The Balaban J connectivity index is 3.45. The van der Waals surface area contributed by atoms with Gasteiger partial charge in [0.05, 0.1) is 19.8 Å². The van der Waals surface area contributed by atoms with E-state index in [1.165, 1.54) is 7.11 Å². The molecule has 0 fully saturated rings. The second-order valence-corrected chi connectivity index (χ2v) is 3.66. The second-order valence-electron chi connectivity index (χ2n) is 3.66. The topological polar surface area (TPSA) is 38.7 Å². The Morgan fingerprint density at radius 3 is 2.35 bits per heavy atom. The van der Waals surface area contributed by atoms with Gasteiger partial charge in [-0.15, -0.1) is 0 Å². The molecular weight excluding hydrogens is 216 g/mol. The zero-order valence-corrected chi connectivity index (χ0v) is 10.5. The zero-order chi connectivity index (χ0) is 13.0. The van der Waals surface area contributed by atoms with Crippen molar-refractivity contribution in [2.75, 3.05) is 14.2 Å². The minimum Gasteiger partial charge on any atom is -0.504 e. The van der Waals surface area contributed by atoms with Crippen molar-refractivity contribution in [3.63, 3.8) is 0 Å². The molecule has 0 atom stereocenters. The van der Waals surface area contributed by atoms with E-state index in [-0.39, 0.29) is 5.75 Å². The summed E-state index contributed by atoms with van der Waals surface area (Å²) in [5.41, 5.74) is 2.03. The molecule has 0 amide bonds. The van der Waals surface area contributed by atoms with Gasteiger partial charge in [-0.05, 0) is 19.4 Å². The first-order valence-electron chi connectivity index (χ1n) is 5.13. The van der Waals surface area contributed by atoms with Crippen LogP contribution in [0.2, 0.25) is 0 Å². The fourth-order valence-electron chi connectivity index (χ4n) is 1.39. The Hall–Kier alpha value is -2.08. The molecule has 1 rings (SSSR count). The highest BCUT2D eigenvalue weighted by Gasteiger charge is 2.14. The molecule has 0 spiro atoms. The van der Waals surface area contributed by atoms with Crippen LogP contribution in [0.15, 0.2) is 18.2 Å². The summed E-state index contributed by atoms with van der Waals surface area (Å²) in [4.78, 5) is 0. The maximum atomic E-state index is 9.89. The second kappa shape index (κ2) is 5.31. The molecular formula is C14H16O3. The Morgan fingerprint density at radius 1 is 1.29 bits per heavy atom. The van der Waals surface area contributed by atoms with Crippen LogP contribution in [0, 0.1) is 18.8 Å². The maximum absolute atomic E-state index is 9.89. The first kappa shape index (κ1) is 13.0. The number of methoxy groups -OCH3 is 2. The summed E-state index contributed by atoms with van der Waals surface area (Å²) in [5.74, 6) is 6.83. The van der Waals surface area contributed by atoms with E-state index in [1.807, 2.05) is 6.92 Å². The molecule has 17 heavy (non-hydrogen) atoms. The van der Waals surface area contributed by atoms with Gasteiger partial charge in [0.2, 0.25) is 0 Å². The molecule has 0 bridgehead atoms. The lowest BCUT2D eigenvalue weighted by Crippen LogP contribution is -1.95. The molecule has 0 aliphatic carbocycles. The summed E-state index contributed by atoms with van der Waals surface area (Å²) < 4.78 is 10.3. The Bertz CT molecular complexity index is 504. The summed E-state index contributed by atoms with van der Waals surface area (Å²) in [6.45, 7) is 7.29. The van der Waals surface area contributed by atoms with E-state index in [2.05, 4.69) is 18.4 Å². The first-order valence-corrected chi connectivity index (χ1v) is 5.13. The third-order valence-corrected chi connectivity index (χ3v) is 2.31. The lowest BCUT2D eigenvalue weighted by molar-refractivity contribution is 0.362. The van der Waals surface area contributed by atoms with E-state index in [0.29, 0.717) is 22.6 Å². The SMILES string of the molecule is C=C(C)C#Cc1c(OC)cc(OC)c(O)c1C. The molecule has 90 valence electrons. The van der Waals surface area contributed by atoms with Crippen molar-refractivity contribution >= 4 is 0 Å². The van der Waals surface area contributed by atoms with E-state index < -0.39 is 0 Å². The lowest BCUT2D eigenvalue weighted by Gasteiger charge is -2.12. The minimum absolute atomic E-state index is 0.0827. The summed E-state index contributed by atoms with van der Waals surface area (Å²) in [6, 6.07) is 1.62. The van der Waals surface area contributed by atoms with Crippen LogP contribution in [-0.2, 0) is 0 Å². The highest BCUT2D eigenvalue weighted by molar-refractivity contribution is 5.62. The Labute approximate surface area is 102 Å². The van der Waals surface area contributed by atoms with Crippen LogP contribution in [0.3, 0.4) is 0 Å².